The maximum atomic E-state index is 13.0. The van der Waals surface area contributed by atoms with Gasteiger partial charge in [-0.15, -0.1) is 5.10 Å². The fourth-order valence-corrected chi connectivity index (χ4v) is 4.35. The number of nitrogens with zero attached hydrogens (tertiary/aromatic N) is 3. The number of hydrogen-bond acceptors (Lipinski definition) is 7. The Bertz CT molecular complexity index is 1190. The third-order valence-electron chi connectivity index (χ3n) is 5.17. The number of fused-ring (bicyclic) bond motifs is 1. The van der Waals surface area contributed by atoms with Gasteiger partial charge in [0, 0.05) is 11.4 Å². The van der Waals surface area contributed by atoms with Gasteiger partial charge in [0.25, 0.3) is 0 Å². The van der Waals surface area contributed by atoms with Crippen LogP contribution in [0.2, 0.25) is 0 Å². The fraction of sp³-hybridized carbons (Fsp3) is 0.250. The summed E-state index contributed by atoms with van der Waals surface area (Å²) in [5.74, 6) is -0.224. The molecule has 0 amide bonds. The highest BCUT2D eigenvalue weighted by molar-refractivity contribution is 7.98. The minimum atomic E-state index is -1.01. The van der Waals surface area contributed by atoms with E-state index >= 15 is 0 Å². The van der Waals surface area contributed by atoms with Crippen LogP contribution in [0.3, 0.4) is 0 Å². The van der Waals surface area contributed by atoms with Crippen molar-refractivity contribution in [3.63, 3.8) is 0 Å². The van der Waals surface area contributed by atoms with Crippen LogP contribution in [0.1, 0.15) is 47.8 Å². The number of aromatic carboxylic acids is 1. The number of carbonyl (C=O) groups excluding carboxylic acids is 1. The van der Waals surface area contributed by atoms with E-state index in [0.717, 1.165) is 11.1 Å². The molecule has 33 heavy (non-hydrogen) atoms. The lowest BCUT2D eigenvalue weighted by molar-refractivity contribution is -0.139. The molecule has 1 unspecified atom stereocenters. The summed E-state index contributed by atoms with van der Waals surface area (Å²) in [4.78, 5) is 28.9. The van der Waals surface area contributed by atoms with Crippen molar-refractivity contribution in [3.8, 4) is 0 Å². The van der Waals surface area contributed by atoms with Crippen LogP contribution >= 0.6 is 11.8 Å². The molecule has 170 valence electrons. The van der Waals surface area contributed by atoms with Gasteiger partial charge < -0.3 is 15.2 Å². The van der Waals surface area contributed by atoms with E-state index in [1.807, 2.05) is 37.3 Å². The average molecular weight is 465 g/mol. The van der Waals surface area contributed by atoms with Crippen molar-refractivity contribution in [2.75, 3.05) is 11.9 Å². The standard InChI is InChI=1S/C24H24N4O4S/c1-3-13-32-22(31)19-15(2)25-23-26-24(33-14-16-7-5-4-6-8-16)27-28(23)20(19)17-9-11-18(12-10-17)21(29)30/h4-12,20H,3,13-14H2,1-2H3,(H,29,30)(H,25,26,27). The molecule has 4 rings (SSSR count). The van der Waals surface area contributed by atoms with Crippen molar-refractivity contribution < 1.29 is 19.4 Å². The van der Waals surface area contributed by atoms with E-state index in [2.05, 4.69) is 15.4 Å². The normalized spacial score (nSPS) is 15.0. The predicted octanol–water partition coefficient (Wildman–Crippen LogP) is 4.51. The molecule has 9 heteroatoms. The van der Waals surface area contributed by atoms with Gasteiger partial charge in [0.2, 0.25) is 11.1 Å². The molecule has 0 bridgehead atoms. The van der Waals surface area contributed by atoms with Gasteiger partial charge in [-0.1, -0.05) is 61.2 Å². The molecule has 2 aromatic carbocycles. The largest absolute Gasteiger partial charge is 0.478 e. The molecular formula is C24H24N4O4S. The molecule has 1 atom stereocenters. The summed E-state index contributed by atoms with van der Waals surface area (Å²) in [7, 11) is 0. The fourth-order valence-electron chi connectivity index (χ4n) is 3.57. The zero-order valence-electron chi connectivity index (χ0n) is 18.3. The summed E-state index contributed by atoms with van der Waals surface area (Å²) in [6, 6.07) is 15.9. The van der Waals surface area contributed by atoms with Gasteiger partial charge in [-0.05, 0) is 36.6 Å². The third kappa shape index (κ3) is 4.93. The van der Waals surface area contributed by atoms with Crippen molar-refractivity contribution in [2.24, 2.45) is 0 Å². The van der Waals surface area contributed by atoms with Crippen LogP contribution in [-0.4, -0.2) is 38.4 Å². The smallest absolute Gasteiger partial charge is 0.338 e. The van der Waals surface area contributed by atoms with Gasteiger partial charge in [-0.3, -0.25) is 0 Å². The summed E-state index contributed by atoms with van der Waals surface area (Å²) in [6.45, 7) is 4.04. The number of hydrogen-bond donors (Lipinski definition) is 2. The number of thioether (sulfide) groups is 1. The number of aromatic nitrogens is 3. The lowest BCUT2D eigenvalue weighted by atomic mass is 9.95. The van der Waals surface area contributed by atoms with Crippen LogP contribution in [-0.2, 0) is 15.3 Å². The Kier molecular flexibility index (Phi) is 6.79. The summed E-state index contributed by atoms with van der Waals surface area (Å²) in [5, 5.41) is 17.7. The first-order valence-corrected chi connectivity index (χ1v) is 11.6. The molecule has 0 radical (unpaired) electrons. The zero-order valence-corrected chi connectivity index (χ0v) is 19.1. The number of anilines is 1. The maximum absolute atomic E-state index is 13.0. The van der Waals surface area contributed by atoms with Gasteiger partial charge >= 0.3 is 11.9 Å². The van der Waals surface area contributed by atoms with E-state index < -0.39 is 18.0 Å². The number of ether oxygens (including phenoxy) is 1. The minimum Gasteiger partial charge on any atom is -0.478 e. The van der Waals surface area contributed by atoms with Gasteiger partial charge in [0.05, 0.1) is 17.7 Å². The van der Waals surface area contributed by atoms with Crippen LogP contribution in [0.15, 0.2) is 71.0 Å². The minimum absolute atomic E-state index is 0.168. The molecule has 2 heterocycles. The van der Waals surface area contributed by atoms with E-state index in [9.17, 15) is 14.7 Å². The Morgan fingerprint density at radius 1 is 1.15 bits per heavy atom. The first-order valence-electron chi connectivity index (χ1n) is 10.6. The van der Waals surface area contributed by atoms with E-state index in [4.69, 9.17) is 4.74 Å². The van der Waals surface area contributed by atoms with Crippen LogP contribution in [0.4, 0.5) is 5.95 Å². The molecule has 1 aliphatic heterocycles. The summed E-state index contributed by atoms with van der Waals surface area (Å²) in [6.07, 6.45) is 0.707. The highest BCUT2D eigenvalue weighted by atomic mass is 32.2. The number of esters is 1. The summed E-state index contributed by atoms with van der Waals surface area (Å²) in [5.41, 5.74) is 3.09. The number of benzene rings is 2. The van der Waals surface area contributed by atoms with E-state index in [1.165, 1.54) is 23.9 Å². The van der Waals surface area contributed by atoms with E-state index in [-0.39, 0.29) is 5.56 Å². The Morgan fingerprint density at radius 2 is 1.88 bits per heavy atom. The molecule has 0 fully saturated rings. The van der Waals surface area contributed by atoms with Crippen LogP contribution < -0.4 is 5.32 Å². The van der Waals surface area contributed by atoms with Crippen LogP contribution in [0, 0.1) is 0 Å². The quantitative estimate of drug-likeness (QED) is 0.370. The Labute approximate surface area is 195 Å². The second-order valence-electron chi connectivity index (χ2n) is 7.57. The highest BCUT2D eigenvalue weighted by Gasteiger charge is 2.35. The molecule has 0 aliphatic carbocycles. The first kappa shape index (κ1) is 22.6. The number of allylic oxidation sites excluding steroid dienone is 1. The molecule has 2 N–H and O–H groups in total. The summed E-state index contributed by atoms with van der Waals surface area (Å²) >= 11 is 1.50. The molecule has 8 nitrogen and oxygen atoms in total. The lowest BCUT2D eigenvalue weighted by Gasteiger charge is -2.28. The maximum Gasteiger partial charge on any atom is 0.338 e. The Balaban J connectivity index is 1.70. The second kappa shape index (κ2) is 9.91. The van der Waals surface area contributed by atoms with Crippen molar-refractivity contribution in [1.29, 1.82) is 0 Å². The Hall–Kier alpha value is -3.59. The number of carboxylic acid groups (broad SMARTS) is 1. The van der Waals surface area contributed by atoms with E-state index in [0.29, 0.717) is 41.2 Å². The highest BCUT2D eigenvalue weighted by Crippen LogP contribution is 2.37. The SMILES string of the molecule is CCCOC(=O)C1=C(C)Nc2nc(SCc3ccccc3)nn2C1c1ccc(C(=O)O)cc1. The molecule has 1 aliphatic rings. The topological polar surface area (TPSA) is 106 Å². The van der Waals surface area contributed by atoms with Gasteiger partial charge in [0.15, 0.2) is 0 Å². The molecule has 0 spiro atoms. The number of nitrogens with one attached hydrogen (secondary N) is 1. The molecule has 3 aromatic rings. The number of carboxylic acids is 1. The third-order valence-corrected chi connectivity index (χ3v) is 6.08. The molecule has 0 saturated carbocycles. The number of carbonyl (C=O) groups is 2. The molecule has 0 saturated heterocycles. The first-order chi connectivity index (χ1) is 16.0. The van der Waals surface area contributed by atoms with Crippen molar-refractivity contribution in [3.05, 3.63) is 82.6 Å². The van der Waals surface area contributed by atoms with Gasteiger partial charge in [0.1, 0.15) is 6.04 Å². The number of rotatable bonds is 8. The van der Waals surface area contributed by atoms with Gasteiger partial charge in [-0.25, -0.2) is 14.3 Å². The average Bonchev–Trinajstić information content (AvgIpc) is 3.23. The summed E-state index contributed by atoms with van der Waals surface area (Å²) < 4.78 is 7.11. The molecule has 1 aromatic heterocycles. The van der Waals surface area contributed by atoms with Crippen molar-refractivity contribution in [2.45, 2.75) is 37.2 Å². The van der Waals surface area contributed by atoms with Gasteiger partial charge in [-0.2, -0.15) is 4.98 Å². The predicted molar refractivity (Wildman–Crippen MR) is 125 cm³/mol. The second-order valence-corrected chi connectivity index (χ2v) is 8.51. The lowest BCUT2D eigenvalue weighted by Crippen LogP contribution is -2.29. The van der Waals surface area contributed by atoms with Crippen molar-refractivity contribution >= 4 is 29.6 Å². The molecular weight excluding hydrogens is 440 g/mol. The van der Waals surface area contributed by atoms with E-state index in [1.54, 1.807) is 23.7 Å². The monoisotopic (exact) mass is 464 g/mol. The van der Waals surface area contributed by atoms with Crippen LogP contribution in [0.5, 0.6) is 0 Å². The zero-order chi connectivity index (χ0) is 23.4. The van der Waals surface area contributed by atoms with Crippen LogP contribution in [0.25, 0.3) is 0 Å². The van der Waals surface area contributed by atoms with Crippen molar-refractivity contribution in [1.82, 2.24) is 14.8 Å². The Morgan fingerprint density at radius 3 is 2.55 bits per heavy atom.